The van der Waals surface area contributed by atoms with E-state index in [-0.39, 0.29) is 6.04 Å². The SMILES string of the molecule is CCC1COCCN1C(=O)N[C@@H](CC(=O)OC)C(=O)O. The van der Waals surface area contributed by atoms with E-state index in [2.05, 4.69) is 10.1 Å². The lowest BCUT2D eigenvalue weighted by Gasteiger charge is -2.35. The van der Waals surface area contributed by atoms with E-state index in [0.29, 0.717) is 26.2 Å². The molecule has 8 heteroatoms. The summed E-state index contributed by atoms with van der Waals surface area (Å²) in [5.74, 6) is -1.96. The minimum Gasteiger partial charge on any atom is -0.480 e. The molecule has 0 aliphatic carbocycles. The van der Waals surface area contributed by atoms with Gasteiger partial charge in [-0.25, -0.2) is 9.59 Å². The zero-order valence-electron chi connectivity index (χ0n) is 11.6. The van der Waals surface area contributed by atoms with Gasteiger partial charge in [-0.05, 0) is 6.42 Å². The number of nitrogens with one attached hydrogen (secondary N) is 1. The number of morpholine rings is 1. The van der Waals surface area contributed by atoms with Crippen LogP contribution in [0.2, 0.25) is 0 Å². The summed E-state index contributed by atoms with van der Waals surface area (Å²) in [6.45, 7) is 3.16. The Morgan fingerprint density at radius 2 is 2.20 bits per heavy atom. The van der Waals surface area contributed by atoms with Crippen LogP contribution in [-0.4, -0.2) is 66.9 Å². The number of hydrogen-bond donors (Lipinski definition) is 2. The van der Waals surface area contributed by atoms with Crippen molar-refractivity contribution in [2.24, 2.45) is 0 Å². The van der Waals surface area contributed by atoms with Gasteiger partial charge in [0.15, 0.2) is 0 Å². The van der Waals surface area contributed by atoms with Crippen LogP contribution in [0.3, 0.4) is 0 Å². The lowest BCUT2D eigenvalue weighted by atomic mass is 10.2. The molecule has 0 aromatic carbocycles. The van der Waals surface area contributed by atoms with Gasteiger partial charge in [0.25, 0.3) is 0 Å². The third-order valence-corrected chi connectivity index (χ3v) is 3.15. The van der Waals surface area contributed by atoms with Crippen molar-refractivity contribution < 1.29 is 29.0 Å². The third kappa shape index (κ3) is 4.37. The molecule has 0 aromatic rings. The predicted molar refractivity (Wildman–Crippen MR) is 68.2 cm³/mol. The van der Waals surface area contributed by atoms with Gasteiger partial charge in [-0.2, -0.15) is 0 Å². The zero-order chi connectivity index (χ0) is 15.1. The van der Waals surface area contributed by atoms with Gasteiger partial charge < -0.3 is 24.8 Å². The van der Waals surface area contributed by atoms with E-state index < -0.39 is 30.4 Å². The fraction of sp³-hybridized carbons (Fsp3) is 0.750. The summed E-state index contributed by atoms with van der Waals surface area (Å²) in [4.78, 5) is 35.8. The largest absolute Gasteiger partial charge is 0.480 e. The maximum absolute atomic E-state index is 12.1. The number of nitrogens with zero attached hydrogens (tertiary/aromatic N) is 1. The fourth-order valence-electron chi connectivity index (χ4n) is 1.94. The molecule has 1 fully saturated rings. The predicted octanol–water partition coefficient (Wildman–Crippen LogP) is -0.177. The van der Waals surface area contributed by atoms with E-state index in [1.165, 1.54) is 4.90 Å². The monoisotopic (exact) mass is 288 g/mol. The second-order valence-electron chi connectivity index (χ2n) is 4.45. The number of rotatable bonds is 5. The summed E-state index contributed by atoms with van der Waals surface area (Å²) >= 11 is 0. The van der Waals surface area contributed by atoms with E-state index in [9.17, 15) is 14.4 Å². The van der Waals surface area contributed by atoms with Crippen LogP contribution in [0, 0.1) is 0 Å². The van der Waals surface area contributed by atoms with Crippen molar-refractivity contribution in [3.63, 3.8) is 0 Å². The van der Waals surface area contributed by atoms with E-state index in [0.717, 1.165) is 7.11 Å². The second-order valence-corrected chi connectivity index (χ2v) is 4.45. The maximum Gasteiger partial charge on any atom is 0.326 e. The minimum absolute atomic E-state index is 0.0867. The molecule has 2 amide bonds. The van der Waals surface area contributed by atoms with Gasteiger partial charge in [-0.3, -0.25) is 4.79 Å². The quantitative estimate of drug-likeness (QED) is 0.680. The molecule has 114 valence electrons. The second kappa shape index (κ2) is 7.68. The smallest absolute Gasteiger partial charge is 0.326 e. The van der Waals surface area contributed by atoms with Crippen LogP contribution < -0.4 is 5.32 Å². The molecule has 20 heavy (non-hydrogen) atoms. The Hall–Kier alpha value is -1.83. The summed E-state index contributed by atoms with van der Waals surface area (Å²) in [5.41, 5.74) is 0. The first-order chi connectivity index (χ1) is 9.49. The van der Waals surface area contributed by atoms with Crippen molar-refractivity contribution in [2.75, 3.05) is 26.9 Å². The molecule has 2 N–H and O–H groups in total. The molecule has 8 nitrogen and oxygen atoms in total. The number of aliphatic carboxylic acids is 1. The summed E-state index contributed by atoms with van der Waals surface area (Å²) in [6.07, 6.45) is 0.306. The van der Waals surface area contributed by atoms with Crippen molar-refractivity contribution in [3.8, 4) is 0 Å². The Kier molecular flexibility index (Phi) is 6.23. The molecule has 0 bridgehead atoms. The van der Waals surface area contributed by atoms with Crippen LogP contribution in [0.5, 0.6) is 0 Å². The molecule has 1 unspecified atom stereocenters. The van der Waals surface area contributed by atoms with Gasteiger partial charge >= 0.3 is 18.0 Å². The van der Waals surface area contributed by atoms with E-state index in [1.807, 2.05) is 6.92 Å². The number of carboxylic acids is 1. The number of urea groups is 1. The topological polar surface area (TPSA) is 105 Å². The Morgan fingerprint density at radius 1 is 1.50 bits per heavy atom. The first kappa shape index (κ1) is 16.2. The first-order valence-corrected chi connectivity index (χ1v) is 6.44. The highest BCUT2D eigenvalue weighted by Gasteiger charge is 2.30. The van der Waals surface area contributed by atoms with Gasteiger partial charge in [0.05, 0.1) is 32.8 Å². The summed E-state index contributed by atoms with van der Waals surface area (Å²) in [7, 11) is 1.16. The summed E-state index contributed by atoms with van der Waals surface area (Å²) < 4.78 is 9.69. The third-order valence-electron chi connectivity index (χ3n) is 3.15. The fourth-order valence-corrected chi connectivity index (χ4v) is 1.94. The Balaban J connectivity index is 2.64. The van der Waals surface area contributed by atoms with E-state index >= 15 is 0 Å². The molecular formula is C12H20N2O6. The molecule has 2 atom stereocenters. The molecule has 0 spiro atoms. The van der Waals surface area contributed by atoms with E-state index in [1.54, 1.807) is 0 Å². The molecule has 1 saturated heterocycles. The summed E-state index contributed by atoms with van der Waals surface area (Å²) in [5, 5.41) is 11.4. The average molecular weight is 288 g/mol. The Bertz CT molecular complexity index is 373. The maximum atomic E-state index is 12.1. The van der Waals surface area contributed by atoms with Crippen LogP contribution in [0.1, 0.15) is 19.8 Å². The van der Waals surface area contributed by atoms with Crippen LogP contribution >= 0.6 is 0 Å². The highest BCUT2D eigenvalue weighted by atomic mass is 16.5. The number of carbonyl (C=O) groups excluding carboxylic acids is 2. The van der Waals surface area contributed by atoms with Gasteiger partial charge in [0.1, 0.15) is 6.04 Å². The molecule has 1 rings (SSSR count). The first-order valence-electron chi connectivity index (χ1n) is 6.44. The van der Waals surface area contributed by atoms with Crippen molar-refractivity contribution in [1.82, 2.24) is 10.2 Å². The molecule has 0 saturated carbocycles. The highest BCUT2D eigenvalue weighted by Crippen LogP contribution is 2.11. The number of methoxy groups -OCH3 is 1. The number of carboxylic acid groups (broad SMARTS) is 1. The summed E-state index contributed by atoms with van der Waals surface area (Å²) in [6, 6.07) is -1.89. The van der Waals surface area contributed by atoms with Crippen LogP contribution in [0.25, 0.3) is 0 Å². The normalized spacial score (nSPS) is 20.1. The van der Waals surface area contributed by atoms with Gasteiger partial charge in [-0.15, -0.1) is 0 Å². The molecule has 1 heterocycles. The van der Waals surface area contributed by atoms with Crippen molar-refractivity contribution >= 4 is 18.0 Å². The standard InChI is InChI=1S/C12H20N2O6/c1-3-8-7-20-5-4-14(8)12(18)13-9(11(16)17)6-10(15)19-2/h8-9H,3-7H2,1-2H3,(H,13,18)(H,16,17)/t8?,9-/m0/s1. The Morgan fingerprint density at radius 3 is 2.75 bits per heavy atom. The number of carbonyl (C=O) groups is 3. The minimum atomic E-state index is -1.30. The van der Waals surface area contributed by atoms with Gasteiger partial charge in [-0.1, -0.05) is 6.92 Å². The van der Waals surface area contributed by atoms with Crippen molar-refractivity contribution in [2.45, 2.75) is 31.8 Å². The highest BCUT2D eigenvalue weighted by molar-refractivity contribution is 5.86. The van der Waals surface area contributed by atoms with Gasteiger partial charge in [0.2, 0.25) is 0 Å². The Labute approximate surface area is 117 Å². The van der Waals surface area contributed by atoms with E-state index in [4.69, 9.17) is 9.84 Å². The molecule has 1 aliphatic rings. The number of ether oxygens (including phenoxy) is 2. The van der Waals surface area contributed by atoms with Crippen molar-refractivity contribution in [3.05, 3.63) is 0 Å². The molecule has 0 aromatic heterocycles. The molecule has 1 aliphatic heterocycles. The number of amides is 2. The molecule has 0 radical (unpaired) electrons. The van der Waals surface area contributed by atoms with Crippen molar-refractivity contribution in [1.29, 1.82) is 0 Å². The number of esters is 1. The zero-order valence-corrected chi connectivity index (χ0v) is 11.6. The lowest BCUT2D eigenvalue weighted by Crippen LogP contribution is -2.55. The average Bonchev–Trinajstić information content (AvgIpc) is 2.45. The molecular weight excluding hydrogens is 268 g/mol. The number of hydrogen-bond acceptors (Lipinski definition) is 5. The van der Waals surface area contributed by atoms with Crippen LogP contribution in [0.15, 0.2) is 0 Å². The lowest BCUT2D eigenvalue weighted by molar-refractivity contribution is -0.147. The van der Waals surface area contributed by atoms with Crippen LogP contribution in [0.4, 0.5) is 4.79 Å². The van der Waals surface area contributed by atoms with Gasteiger partial charge in [0, 0.05) is 6.54 Å². The van der Waals surface area contributed by atoms with Crippen LogP contribution in [-0.2, 0) is 19.1 Å².